The Morgan fingerprint density at radius 1 is 1.03 bits per heavy atom. The number of ether oxygens (including phenoxy) is 3. The molecule has 2 unspecified atom stereocenters. The molecule has 186 valence electrons. The molecule has 1 N–H and O–H groups in total. The number of hydrogen-bond acceptors (Lipinski definition) is 8. The monoisotopic (exact) mass is 473 g/mol. The summed E-state index contributed by atoms with van der Waals surface area (Å²) in [7, 11) is 1.28. The highest BCUT2D eigenvalue weighted by atomic mass is 16.6. The summed E-state index contributed by atoms with van der Waals surface area (Å²) in [6.07, 6.45) is 1.43. The van der Waals surface area contributed by atoms with Crippen LogP contribution in [0.4, 0.5) is 4.79 Å². The van der Waals surface area contributed by atoms with E-state index in [1.807, 2.05) is 44.2 Å². The molecule has 34 heavy (non-hydrogen) atoms. The lowest BCUT2D eigenvalue weighted by Crippen LogP contribution is -2.49. The second kappa shape index (κ2) is 12.3. The van der Waals surface area contributed by atoms with Crippen molar-refractivity contribution in [3.05, 3.63) is 53.9 Å². The van der Waals surface area contributed by atoms with Gasteiger partial charge in [0.15, 0.2) is 0 Å². The molecule has 0 aliphatic heterocycles. The molecule has 0 bridgehead atoms. The predicted molar refractivity (Wildman–Crippen MR) is 126 cm³/mol. The largest absolute Gasteiger partial charge is 0.468 e. The fourth-order valence-electron chi connectivity index (χ4n) is 3.22. The van der Waals surface area contributed by atoms with E-state index in [0.29, 0.717) is 12.1 Å². The number of aromatic nitrogens is 2. The number of esters is 2. The third-order valence-electron chi connectivity index (χ3n) is 4.74. The number of nitrogens with zero attached hydrogens (tertiary/aromatic N) is 2. The van der Waals surface area contributed by atoms with Gasteiger partial charge >= 0.3 is 18.0 Å². The summed E-state index contributed by atoms with van der Waals surface area (Å²) in [6, 6.07) is 9.41. The van der Waals surface area contributed by atoms with Crippen molar-refractivity contribution in [3.8, 4) is 0 Å². The highest BCUT2D eigenvalue weighted by Crippen LogP contribution is 2.13. The molecule has 0 aliphatic rings. The average Bonchev–Trinajstić information content (AvgIpc) is 3.24. The predicted octanol–water partition coefficient (Wildman–Crippen LogP) is 3.50. The van der Waals surface area contributed by atoms with E-state index in [4.69, 9.17) is 14.2 Å². The lowest BCUT2D eigenvalue weighted by molar-refractivity contribution is -0.149. The van der Waals surface area contributed by atoms with Crippen LogP contribution in [-0.2, 0) is 36.8 Å². The van der Waals surface area contributed by atoms with Crippen LogP contribution in [0.3, 0.4) is 0 Å². The fraction of sp³-hybridized carbons (Fsp3) is 0.520. The number of methoxy groups -OCH3 is 1. The van der Waals surface area contributed by atoms with Crippen LogP contribution >= 0.6 is 0 Å². The van der Waals surface area contributed by atoms with Gasteiger partial charge < -0.3 is 14.2 Å². The standard InChI is InChI=1S/C25H35N3O6/c1-17(2)14-20(23(30)33-16-18-10-8-7-9-11-18)26-21(22(29)32-6)15-19-12-13-28(27-19)24(31)34-25(3,4)5/h7-13,17,20-21,26H,14-16H2,1-6H3. The summed E-state index contributed by atoms with van der Waals surface area (Å²) in [6.45, 7) is 9.39. The maximum Gasteiger partial charge on any atom is 0.435 e. The highest BCUT2D eigenvalue weighted by Gasteiger charge is 2.30. The topological polar surface area (TPSA) is 109 Å². The van der Waals surface area contributed by atoms with E-state index in [2.05, 4.69) is 10.4 Å². The molecule has 2 atom stereocenters. The maximum absolute atomic E-state index is 12.9. The maximum atomic E-state index is 12.9. The Labute approximate surface area is 200 Å². The van der Waals surface area contributed by atoms with Crippen molar-refractivity contribution in [2.75, 3.05) is 7.11 Å². The minimum absolute atomic E-state index is 0.114. The Bertz CT molecular complexity index is 949. The van der Waals surface area contributed by atoms with E-state index in [1.165, 1.54) is 13.3 Å². The van der Waals surface area contributed by atoms with Gasteiger partial charge in [-0.3, -0.25) is 14.9 Å². The third-order valence-corrected chi connectivity index (χ3v) is 4.74. The first-order valence-corrected chi connectivity index (χ1v) is 11.3. The lowest BCUT2D eigenvalue weighted by Gasteiger charge is -2.24. The number of benzene rings is 1. The molecule has 0 aliphatic carbocycles. The number of carbonyl (C=O) groups is 3. The van der Waals surface area contributed by atoms with Gasteiger partial charge in [-0.15, -0.1) is 0 Å². The minimum Gasteiger partial charge on any atom is -0.468 e. The molecule has 0 saturated carbocycles. The molecule has 1 heterocycles. The van der Waals surface area contributed by atoms with Gasteiger partial charge in [0.25, 0.3) is 0 Å². The van der Waals surface area contributed by atoms with Crippen LogP contribution in [0.5, 0.6) is 0 Å². The summed E-state index contributed by atoms with van der Waals surface area (Å²) in [4.78, 5) is 37.6. The summed E-state index contributed by atoms with van der Waals surface area (Å²) in [5, 5.41) is 7.30. The molecule has 9 nitrogen and oxygen atoms in total. The van der Waals surface area contributed by atoms with Gasteiger partial charge in [0.2, 0.25) is 0 Å². The summed E-state index contributed by atoms with van der Waals surface area (Å²) < 4.78 is 16.8. The van der Waals surface area contributed by atoms with E-state index in [0.717, 1.165) is 10.2 Å². The second-order valence-electron chi connectivity index (χ2n) is 9.45. The first kappa shape index (κ1) is 27.0. The van der Waals surface area contributed by atoms with Crippen LogP contribution in [0, 0.1) is 5.92 Å². The number of carbonyl (C=O) groups excluding carboxylic acids is 3. The van der Waals surface area contributed by atoms with Gasteiger partial charge in [-0.1, -0.05) is 44.2 Å². The molecule has 0 amide bonds. The minimum atomic E-state index is -0.861. The lowest BCUT2D eigenvalue weighted by atomic mass is 10.0. The Morgan fingerprint density at radius 2 is 1.71 bits per heavy atom. The summed E-state index contributed by atoms with van der Waals surface area (Å²) in [5.41, 5.74) is 0.676. The quantitative estimate of drug-likeness (QED) is 0.413. The van der Waals surface area contributed by atoms with Crippen LogP contribution in [-0.4, -0.2) is 52.6 Å². The molecule has 2 rings (SSSR count). The zero-order chi connectivity index (χ0) is 25.3. The summed E-state index contributed by atoms with van der Waals surface area (Å²) in [5.74, 6) is -0.825. The molecule has 0 saturated heterocycles. The molecule has 0 radical (unpaired) electrons. The number of hydrogen-bond donors (Lipinski definition) is 1. The normalized spacial score (nSPS) is 13.3. The smallest absolute Gasteiger partial charge is 0.435 e. The van der Waals surface area contributed by atoms with E-state index in [-0.39, 0.29) is 18.9 Å². The van der Waals surface area contributed by atoms with Gasteiger partial charge in [0.05, 0.1) is 12.8 Å². The fourth-order valence-corrected chi connectivity index (χ4v) is 3.22. The Balaban J connectivity index is 2.11. The molecule has 1 aromatic heterocycles. The number of rotatable bonds is 10. The molecule has 9 heteroatoms. The van der Waals surface area contributed by atoms with Crippen LogP contribution in [0.25, 0.3) is 0 Å². The number of nitrogens with one attached hydrogen (secondary N) is 1. The van der Waals surface area contributed by atoms with Gasteiger partial charge in [-0.2, -0.15) is 9.78 Å². The van der Waals surface area contributed by atoms with E-state index >= 15 is 0 Å². The van der Waals surface area contributed by atoms with Crippen LogP contribution in [0.15, 0.2) is 42.6 Å². The molecule has 0 spiro atoms. The van der Waals surface area contributed by atoms with Crippen molar-refractivity contribution in [2.45, 2.75) is 71.8 Å². The molecule has 2 aromatic rings. The highest BCUT2D eigenvalue weighted by molar-refractivity contribution is 5.80. The van der Waals surface area contributed by atoms with Crippen molar-refractivity contribution in [1.82, 2.24) is 15.1 Å². The Morgan fingerprint density at radius 3 is 2.29 bits per heavy atom. The van der Waals surface area contributed by atoms with Crippen molar-refractivity contribution >= 4 is 18.0 Å². The Hall–Kier alpha value is -3.20. The van der Waals surface area contributed by atoms with Crippen molar-refractivity contribution in [2.24, 2.45) is 5.92 Å². The first-order valence-electron chi connectivity index (χ1n) is 11.3. The Kier molecular flexibility index (Phi) is 9.80. The molecular formula is C25H35N3O6. The van der Waals surface area contributed by atoms with E-state index in [9.17, 15) is 14.4 Å². The van der Waals surface area contributed by atoms with Gasteiger partial charge in [-0.25, -0.2) is 4.79 Å². The van der Waals surface area contributed by atoms with Crippen molar-refractivity contribution < 1.29 is 28.6 Å². The zero-order valence-electron chi connectivity index (χ0n) is 20.7. The SMILES string of the molecule is COC(=O)C(Cc1ccn(C(=O)OC(C)(C)C)n1)NC(CC(C)C)C(=O)OCc1ccccc1. The first-order chi connectivity index (χ1) is 16.0. The zero-order valence-corrected chi connectivity index (χ0v) is 20.7. The molecule has 0 fully saturated rings. The third kappa shape index (κ3) is 8.97. The van der Waals surface area contributed by atoms with E-state index < -0.39 is 35.7 Å². The van der Waals surface area contributed by atoms with Gasteiger partial charge in [-0.05, 0) is 44.7 Å². The van der Waals surface area contributed by atoms with Crippen LogP contribution in [0.1, 0.15) is 52.3 Å². The van der Waals surface area contributed by atoms with Crippen molar-refractivity contribution in [3.63, 3.8) is 0 Å². The summed E-state index contributed by atoms with van der Waals surface area (Å²) >= 11 is 0. The van der Waals surface area contributed by atoms with Gasteiger partial charge in [0.1, 0.15) is 24.3 Å². The van der Waals surface area contributed by atoms with Crippen LogP contribution in [0.2, 0.25) is 0 Å². The van der Waals surface area contributed by atoms with Crippen molar-refractivity contribution in [1.29, 1.82) is 0 Å². The van der Waals surface area contributed by atoms with Crippen LogP contribution < -0.4 is 5.32 Å². The molecule has 1 aromatic carbocycles. The van der Waals surface area contributed by atoms with E-state index in [1.54, 1.807) is 26.8 Å². The average molecular weight is 474 g/mol. The molecular weight excluding hydrogens is 438 g/mol. The van der Waals surface area contributed by atoms with Gasteiger partial charge in [0, 0.05) is 12.6 Å². The second-order valence-corrected chi connectivity index (χ2v) is 9.45.